The lowest BCUT2D eigenvalue weighted by Gasteiger charge is -2.22. The summed E-state index contributed by atoms with van der Waals surface area (Å²) in [5, 5.41) is 8.74. The highest BCUT2D eigenvalue weighted by molar-refractivity contribution is 5.82. The van der Waals surface area contributed by atoms with Crippen molar-refractivity contribution in [3.63, 3.8) is 0 Å². The van der Waals surface area contributed by atoms with Crippen LogP contribution in [0, 0.1) is 17.2 Å². The molecular weight excluding hydrogens is 228 g/mol. The molecule has 1 amide bonds. The topological polar surface area (TPSA) is 53.3 Å². The lowest BCUT2D eigenvalue weighted by Crippen LogP contribution is -2.32. The average molecular weight is 242 g/mol. The highest BCUT2D eigenvalue weighted by Crippen LogP contribution is 2.40. The van der Waals surface area contributed by atoms with Gasteiger partial charge in [0.25, 0.3) is 0 Å². The minimum Gasteiger partial charge on any atom is -0.352 e. The van der Waals surface area contributed by atoms with Crippen LogP contribution >= 0.6 is 0 Å². The molecule has 0 N–H and O–H groups in total. The van der Waals surface area contributed by atoms with E-state index >= 15 is 0 Å². The van der Waals surface area contributed by atoms with Gasteiger partial charge in [-0.1, -0.05) is 30.3 Å². The molecule has 0 aliphatic carbocycles. The van der Waals surface area contributed by atoms with E-state index in [0.717, 1.165) is 12.0 Å². The second kappa shape index (κ2) is 4.43. The van der Waals surface area contributed by atoms with Crippen LogP contribution in [0.25, 0.3) is 0 Å². The zero-order valence-electron chi connectivity index (χ0n) is 9.95. The molecule has 3 atom stereocenters. The first kappa shape index (κ1) is 11.2. The van der Waals surface area contributed by atoms with Gasteiger partial charge in [-0.25, -0.2) is 0 Å². The van der Waals surface area contributed by atoms with Gasteiger partial charge in [0.15, 0.2) is 6.23 Å². The second-order valence-electron chi connectivity index (χ2n) is 4.79. The molecule has 2 saturated heterocycles. The smallest absolute Gasteiger partial charge is 0.229 e. The van der Waals surface area contributed by atoms with Gasteiger partial charge in [0.2, 0.25) is 5.91 Å². The highest BCUT2D eigenvalue weighted by Gasteiger charge is 2.47. The quantitative estimate of drug-likeness (QED) is 0.795. The van der Waals surface area contributed by atoms with Crippen molar-refractivity contribution in [1.29, 1.82) is 5.26 Å². The first-order valence-electron chi connectivity index (χ1n) is 6.17. The van der Waals surface area contributed by atoms with E-state index in [0.29, 0.717) is 13.0 Å². The molecule has 0 spiro atoms. The van der Waals surface area contributed by atoms with Crippen molar-refractivity contribution in [3.8, 4) is 6.07 Å². The number of carbonyl (C=O) groups is 1. The Morgan fingerprint density at radius 3 is 2.89 bits per heavy atom. The van der Waals surface area contributed by atoms with Crippen LogP contribution in [0.4, 0.5) is 0 Å². The minimum absolute atomic E-state index is 0.0629. The van der Waals surface area contributed by atoms with Gasteiger partial charge in [0.05, 0.1) is 24.6 Å². The number of benzene rings is 1. The van der Waals surface area contributed by atoms with E-state index < -0.39 is 0 Å². The Hall–Kier alpha value is -1.86. The maximum Gasteiger partial charge on any atom is 0.229 e. The number of rotatable bonds is 2. The average Bonchev–Trinajstić information content (AvgIpc) is 2.93. The largest absolute Gasteiger partial charge is 0.352 e. The molecule has 1 aromatic rings. The van der Waals surface area contributed by atoms with E-state index in [2.05, 4.69) is 6.07 Å². The molecule has 0 radical (unpaired) electrons. The van der Waals surface area contributed by atoms with Crippen LogP contribution in [0.2, 0.25) is 0 Å². The van der Waals surface area contributed by atoms with Gasteiger partial charge in [-0.05, 0) is 6.42 Å². The van der Waals surface area contributed by atoms with Crippen LogP contribution in [0.1, 0.15) is 24.6 Å². The molecule has 4 heteroatoms. The molecule has 2 aliphatic heterocycles. The monoisotopic (exact) mass is 242 g/mol. The third-order valence-corrected chi connectivity index (χ3v) is 3.68. The molecule has 3 rings (SSSR count). The van der Waals surface area contributed by atoms with Crippen molar-refractivity contribution in [2.24, 2.45) is 5.92 Å². The van der Waals surface area contributed by atoms with Crippen LogP contribution in [-0.2, 0) is 9.53 Å². The van der Waals surface area contributed by atoms with E-state index in [-0.39, 0.29) is 24.1 Å². The summed E-state index contributed by atoms with van der Waals surface area (Å²) in [4.78, 5) is 14.1. The molecule has 0 aromatic heterocycles. The van der Waals surface area contributed by atoms with Crippen LogP contribution in [0.5, 0.6) is 0 Å². The number of nitrogens with zero attached hydrogens (tertiary/aromatic N) is 2. The lowest BCUT2D eigenvalue weighted by atomic mass is 10.0. The van der Waals surface area contributed by atoms with Crippen molar-refractivity contribution < 1.29 is 9.53 Å². The third kappa shape index (κ3) is 1.68. The van der Waals surface area contributed by atoms with Crippen molar-refractivity contribution >= 4 is 5.91 Å². The van der Waals surface area contributed by atoms with Crippen molar-refractivity contribution in [2.45, 2.75) is 25.1 Å². The molecule has 1 aromatic carbocycles. The third-order valence-electron chi connectivity index (χ3n) is 3.68. The fourth-order valence-electron chi connectivity index (χ4n) is 2.83. The van der Waals surface area contributed by atoms with E-state index in [4.69, 9.17) is 10.00 Å². The Kier molecular flexibility index (Phi) is 2.77. The molecule has 18 heavy (non-hydrogen) atoms. The van der Waals surface area contributed by atoms with Crippen molar-refractivity contribution in [2.75, 3.05) is 6.61 Å². The van der Waals surface area contributed by atoms with Gasteiger partial charge in [-0.2, -0.15) is 5.26 Å². The van der Waals surface area contributed by atoms with Gasteiger partial charge in [-0.15, -0.1) is 0 Å². The fraction of sp³-hybridized carbons (Fsp3) is 0.429. The SMILES string of the molecule is N#CC[C@H]1C[C@H]2CO[C@H](c3ccccc3)N2C1=O. The number of carbonyl (C=O) groups excluding carboxylic acids is 1. The van der Waals surface area contributed by atoms with Crippen molar-refractivity contribution in [1.82, 2.24) is 4.90 Å². The Morgan fingerprint density at radius 1 is 1.39 bits per heavy atom. The predicted molar refractivity (Wildman–Crippen MR) is 64.1 cm³/mol. The van der Waals surface area contributed by atoms with Gasteiger partial charge in [0.1, 0.15) is 0 Å². The predicted octanol–water partition coefficient (Wildman–Crippen LogP) is 1.85. The van der Waals surface area contributed by atoms with Crippen molar-refractivity contribution in [3.05, 3.63) is 35.9 Å². The molecular formula is C14H14N2O2. The van der Waals surface area contributed by atoms with Gasteiger partial charge >= 0.3 is 0 Å². The zero-order chi connectivity index (χ0) is 12.5. The molecule has 2 aliphatic rings. The fourth-order valence-corrected chi connectivity index (χ4v) is 2.83. The summed E-state index contributed by atoms with van der Waals surface area (Å²) in [5.74, 6) is -0.0805. The first-order chi connectivity index (χ1) is 8.81. The highest BCUT2D eigenvalue weighted by atomic mass is 16.5. The lowest BCUT2D eigenvalue weighted by molar-refractivity contribution is -0.137. The summed E-state index contributed by atoms with van der Waals surface area (Å²) in [6.07, 6.45) is 0.788. The molecule has 0 saturated carbocycles. The van der Waals surface area contributed by atoms with Crippen LogP contribution < -0.4 is 0 Å². The maximum absolute atomic E-state index is 12.3. The summed E-state index contributed by atoms with van der Waals surface area (Å²) >= 11 is 0. The Labute approximate surface area is 106 Å². The zero-order valence-corrected chi connectivity index (χ0v) is 9.95. The summed E-state index contributed by atoms with van der Waals surface area (Å²) in [5.41, 5.74) is 1.01. The molecule has 92 valence electrons. The summed E-state index contributed by atoms with van der Waals surface area (Å²) < 4.78 is 5.73. The molecule has 2 fully saturated rings. The number of amides is 1. The van der Waals surface area contributed by atoms with E-state index in [1.165, 1.54) is 0 Å². The number of ether oxygens (including phenoxy) is 1. The summed E-state index contributed by atoms with van der Waals surface area (Å²) in [6, 6.07) is 12.0. The van der Waals surface area contributed by atoms with Crippen LogP contribution in [0.3, 0.4) is 0 Å². The Balaban J connectivity index is 1.85. The standard InChI is InChI=1S/C14H14N2O2/c15-7-6-11-8-12-9-18-14(16(12)13(11)17)10-4-2-1-3-5-10/h1-5,11-12,14H,6,8-9H2/t11-,12-,14+/m0/s1. The van der Waals surface area contributed by atoms with Crippen LogP contribution in [0.15, 0.2) is 30.3 Å². The number of nitriles is 1. The second-order valence-corrected chi connectivity index (χ2v) is 4.79. The molecule has 2 heterocycles. The van der Waals surface area contributed by atoms with Gasteiger partial charge < -0.3 is 9.64 Å². The molecule has 4 nitrogen and oxygen atoms in total. The Morgan fingerprint density at radius 2 is 2.17 bits per heavy atom. The van der Waals surface area contributed by atoms with Gasteiger partial charge in [0, 0.05) is 12.0 Å². The minimum atomic E-state index is -0.271. The van der Waals surface area contributed by atoms with E-state index in [1.54, 1.807) is 0 Å². The summed E-state index contributed by atoms with van der Waals surface area (Å²) in [7, 11) is 0. The normalized spacial score (nSPS) is 30.3. The first-order valence-corrected chi connectivity index (χ1v) is 6.17. The van der Waals surface area contributed by atoms with Crippen LogP contribution in [-0.4, -0.2) is 23.5 Å². The number of hydrogen-bond acceptors (Lipinski definition) is 3. The maximum atomic E-state index is 12.3. The molecule has 0 unspecified atom stereocenters. The Bertz CT molecular complexity index is 494. The number of fused-ring (bicyclic) bond motifs is 1. The molecule has 0 bridgehead atoms. The summed E-state index contributed by atoms with van der Waals surface area (Å²) in [6.45, 7) is 0.577. The number of hydrogen-bond donors (Lipinski definition) is 0. The van der Waals surface area contributed by atoms with E-state index in [9.17, 15) is 4.79 Å². The van der Waals surface area contributed by atoms with Gasteiger partial charge in [-0.3, -0.25) is 4.79 Å². The van der Waals surface area contributed by atoms with E-state index in [1.807, 2.05) is 35.2 Å².